The highest BCUT2D eigenvalue weighted by atomic mass is 35.5. The second-order valence-electron chi connectivity index (χ2n) is 5.45. The van der Waals surface area contributed by atoms with Gasteiger partial charge in [0, 0.05) is 5.56 Å². The van der Waals surface area contributed by atoms with E-state index in [4.69, 9.17) is 16.1 Å². The zero-order chi connectivity index (χ0) is 17.1. The van der Waals surface area contributed by atoms with Gasteiger partial charge in [-0.3, -0.25) is 4.79 Å². The van der Waals surface area contributed by atoms with E-state index in [1.165, 1.54) is 0 Å². The van der Waals surface area contributed by atoms with Crippen molar-refractivity contribution in [3.8, 4) is 11.4 Å². The Balaban J connectivity index is 1.77. The standard InChI is InChI=1S/C18H16ClN3O2/c1-11-7-3-4-8-13(11)16-21-18(24-22-16)12(2)20-17(23)14-9-5-6-10-15(14)19/h3-10,12H,1-2H3,(H,20,23). The molecule has 0 aliphatic rings. The zero-order valence-corrected chi connectivity index (χ0v) is 14.0. The van der Waals surface area contributed by atoms with E-state index in [9.17, 15) is 4.79 Å². The van der Waals surface area contributed by atoms with Crippen molar-refractivity contribution in [3.05, 3.63) is 70.6 Å². The van der Waals surface area contributed by atoms with Gasteiger partial charge in [0.1, 0.15) is 6.04 Å². The highest BCUT2D eigenvalue weighted by Crippen LogP contribution is 2.22. The van der Waals surface area contributed by atoms with Crippen LogP contribution in [0.5, 0.6) is 0 Å². The molecule has 1 amide bonds. The smallest absolute Gasteiger partial charge is 0.253 e. The number of hydrogen-bond donors (Lipinski definition) is 1. The summed E-state index contributed by atoms with van der Waals surface area (Å²) in [5.74, 6) is 0.555. The number of halogens is 1. The summed E-state index contributed by atoms with van der Waals surface area (Å²) in [5, 5.41) is 7.21. The molecule has 0 saturated carbocycles. The molecule has 0 aliphatic carbocycles. The lowest BCUT2D eigenvalue weighted by molar-refractivity contribution is 0.0932. The predicted molar refractivity (Wildman–Crippen MR) is 91.8 cm³/mol. The highest BCUT2D eigenvalue weighted by Gasteiger charge is 2.19. The maximum atomic E-state index is 12.3. The van der Waals surface area contributed by atoms with E-state index < -0.39 is 6.04 Å². The Morgan fingerprint density at radius 1 is 1.17 bits per heavy atom. The second kappa shape index (κ2) is 6.84. The maximum Gasteiger partial charge on any atom is 0.253 e. The topological polar surface area (TPSA) is 68.0 Å². The van der Waals surface area contributed by atoms with Crippen LogP contribution in [0.25, 0.3) is 11.4 Å². The van der Waals surface area contributed by atoms with Crippen LogP contribution in [-0.4, -0.2) is 16.0 Å². The first-order valence-corrected chi connectivity index (χ1v) is 7.89. The summed E-state index contributed by atoms with van der Waals surface area (Å²) in [6.07, 6.45) is 0. The lowest BCUT2D eigenvalue weighted by atomic mass is 10.1. The molecule has 24 heavy (non-hydrogen) atoms. The monoisotopic (exact) mass is 341 g/mol. The van der Waals surface area contributed by atoms with E-state index in [-0.39, 0.29) is 5.91 Å². The molecule has 0 radical (unpaired) electrons. The Morgan fingerprint density at radius 2 is 1.88 bits per heavy atom. The minimum Gasteiger partial charge on any atom is -0.340 e. The van der Waals surface area contributed by atoms with Gasteiger partial charge in [-0.2, -0.15) is 4.98 Å². The quantitative estimate of drug-likeness (QED) is 0.772. The molecule has 0 bridgehead atoms. The molecule has 122 valence electrons. The number of benzene rings is 2. The first-order valence-electron chi connectivity index (χ1n) is 7.51. The lowest BCUT2D eigenvalue weighted by Gasteiger charge is -2.10. The van der Waals surface area contributed by atoms with Crippen molar-refractivity contribution in [2.24, 2.45) is 0 Å². The number of nitrogens with one attached hydrogen (secondary N) is 1. The molecule has 1 unspecified atom stereocenters. The molecule has 1 heterocycles. The summed E-state index contributed by atoms with van der Waals surface area (Å²) >= 11 is 6.04. The summed E-state index contributed by atoms with van der Waals surface area (Å²) < 4.78 is 5.29. The van der Waals surface area contributed by atoms with Gasteiger partial charge in [0.15, 0.2) is 0 Å². The third kappa shape index (κ3) is 3.31. The second-order valence-corrected chi connectivity index (χ2v) is 5.85. The Kier molecular flexibility index (Phi) is 4.62. The molecule has 6 heteroatoms. The van der Waals surface area contributed by atoms with E-state index in [2.05, 4.69) is 15.5 Å². The number of amides is 1. The van der Waals surface area contributed by atoms with Gasteiger partial charge >= 0.3 is 0 Å². The lowest BCUT2D eigenvalue weighted by Crippen LogP contribution is -2.27. The molecule has 3 aromatic rings. The van der Waals surface area contributed by atoms with E-state index in [0.717, 1.165) is 11.1 Å². The van der Waals surface area contributed by atoms with Crippen LogP contribution in [0.2, 0.25) is 5.02 Å². The van der Waals surface area contributed by atoms with Gasteiger partial charge in [0.25, 0.3) is 5.91 Å². The van der Waals surface area contributed by atoms with E-state index in [1.54, 1.807) is 31.2 Å². The fourth-order valence-electron chi connectivity index (χ4n) is 2.33. The van der Waals surface area contributed by atoms with Gasteiger partial charge in [-0.1, -0.05) is 53.2 Å². The Hall–Kier alpha value is -2.66. The third-order valence-corrected chi connectivity index (χ3v) is 3.99. The fraction of sp³-hybridized carbons (Fsp3) is 0.167. The minimum absolute atomic E-state index is 0.288. The first kappa shape index (κ1) is 16.2. The summed E-state index contributed by atoms with van der Waals surface area (Å²) in [4.78, 5) is 16.7. The summed E-state index contributed by atoms with van der Waals surface area (Å²) in [6, 6.07) is 14.2. The number of carbonyl (C=O) groups is 1. The molecular weight excluding hydrogens is 326 g/mol. The van der Waals surface area contributed by atoms with Crippen molar-refractivity contribution < 1.29 is 9.32 Å². The number of aromatic nitrogens is 2. The van der Waals surface area contributed by atoms with Crippen LogP contribution in [0.1, 0.15) is 34.8 Å². The van der Waals surface area contributed by atoms with Crippen LogP contribution in [0.4, 0.5) is 0 Å². The van der Waals surface area contributed by atoms with Crippen LogP contribution >= 0.6 is 11.6 Å². The molecule has 1 atom stereocenters. The number of rotatable bonds is 4. The van der Waals surface area contributed by atoms with Gasteiger partial charge < -0.3 is 9.84 Å². The fourth-order valence-corrected chi connectivity index (χ4v) is 2.55. The van der Waals surface area contributed by atoms with E-state index in [0.29, 0.717) is 22.3 Å². The number of nitrogens with zero attached hydrogens (tertiary/aromatic N) is 2. The molecule has 0 aliphatic heterocycles. The molecule has 3 rings (SSSR count). The number of aryl methyl sites for hydroxylation is 1. The van der Waals surface area contributed by atoms with Crippen LogP contribution in [0.3, 0.4) is 0 Å². The van der Waals surface area contributed by atoms with Gasteiger partial charge in [0.05, 0.1) is 10.6 Å². The van der Waals surface area contributed by atoms with Crippen LogP contribution in [0.15, 0.2) is 53.1 Å². The molecular formula is C18H16ClN3O2. The molecule has 5 nitrogen and oxygen atoms in total. The van der Waals surface area contributed by atoms with Crippen LogP contribution in [0, 0.1) is 6.92 Å². The van der Waals surface area contributed by atoms with Crippen LogP contribution in [-0.2, 0) is 0 Å². The Labute approximate surface area is 144 Å². The highest BCUT2D eigenvalue weighted by molar-refractivity contribution is 6.33. The van der Waals surface area contributed by atoms with E-state index >= 15 is 0 Å². The molecule has 1 aromatic heterocycles. The van der Waals surface area contributed by atoms with Crippen molar-refractivity contribution in [2.45, 2.75) is 19.9 Å². The first-order chi connectivity index (χ1) is 11.6. The number of hydrogen-bond acceptors (Lipinski definition) is 4. The van der Waals surface area contributed by atoms with Gasteiger partial charge in [-0.15, -0.1) is 0 Å². The third-order valence-electron chi connectivity index (χ3n) is 3.66. The molecule has 0 fully saturated rings. The van der Waals surface area contributed by atoms with Crippen molar-refractivity contribution in [3.63, 3.8) is 0 Å². The summed E-state index contributed by atoms with van der Waals surface area (Å²) in [5.41, 5.74) is 2.36. The van der Waals surface area contributed by atoms with Gasteiger partial charge in [-0.05, 0) is 31.5 Å². The summed E-state index contributed by atoms with van der Waals surface area (Å²) in [7, 11) is 0. The van der Waals surface area contributed by atoms with Gasteiger partial charge in [-0.25, -0.2) is 0 Å². The SMILES string of the molecule is Cc1ccccc1-c1noc(C(C)NC(=O)c2ccccc2Cl)n1. The van der Waals surface area contributed by atoms with Crippen molar-refractivity contribution in [1.29, 1.82) is 0 Å². The maximum absolute atomic E-state index is 12.3. The molecule has 0 saturated heterocycles. The number of carbonyl (C=O) groups excluding carboxylic acids is 1. The molecule has 2 aromatic carbocycles. The van der Waals surface area contributed by atoms with Gasteiger partial charge in [0.2, 0.25) is 11.7 Å². The average Bonchev–Trinajstić information content (AvgIpc) is 3.05. The zero-order valence-electron chi connectivity index (χ0n) is 13.3. The summed E-state index contributed by atoms with van der Waals surface area (Å²) in [6.45, 7) is 3.76. The van der Waals surface area contributed by atoms with Crippen LogP contribution < -0.4 is 5.32 Å². The molecule has 0 spiro atoms. The van der Waals surface area contributed by atoms with E-state index in [1.807, 2.05) is 31.2 Å². The average molecular weight is 342 g/mol. The largest absolute Gasteiger partial charge is 0.340 e. The normalized spacial score (nSPS) is 12.0. The Morgan fingerprint density at radius 3 is 2.62 bits per heavy atom. The van der Waals surface area contributed by atoms with Crippen molar-refractivity contribution >= 4 is 17.5 Å². The predicted octanol–water partition coefficient (Wildman–Crippen LogP) is 4.19. The van der Waals surface area contributed by atoms with Crippen molar-refractivity contribution in [1.82, 2.24) is 15.5 Å². The minimum atomic E-state index is -0.431. The van der Waals surface area contributed by atoms with Crippen molar-refractivity contribution in [2.75, 3.05) is 0 Å². The molecule has 1 N–H and O–H groups in total. The Bertz CT molecular complexity index is 876.